The number of carbonyl (C=O) groups excluding carboxylic acids is 1. The minimum absolute atomic E-state index is 0.0427. The standard InChI is InChI=1S/C27H30N8O2/c1-15-4-5-28-26(32-15)20-8-21(20)27(37)33-23-9-25(31-14-30-23)35-13-19(36)7-22(35)16-2-3-24(29-10-16)34-11-17-6-18(17)12-34/h2-5,9-10,14,17-22,36H,6-8,11-13H2,1H3,(H,30,31,33,37)/t17-,18-,19+,20?,21?,22+/m1/s1. The van der Waals surface area contributed by atoms with Crippen LogP contribution in [0.5, 0.6) is 0 Å². The molecule has 3 aromatic heterocycles. The van der Waals surface area contributed by atoms with E-state index in [1.807, 2.05) is 19.2 Å². The molecule has 4 fully saturated rings. The molecular formula is C27H30N8O2. The maximum Gasteiger partial charge on any atom is 0.229 e. The van der Waals surface area contributed by atoms with Gasteiger partial charge in [-0.3, -0.25) is 4.79 Å². The monoisotopic (exact) mass is 498 g/mol. The number of amides is 1. The topological polar surface area (TPSA) is 120 Å². The molecule has 0 aromatic carbocycles. The summed E-state index contributed by atoms with van der Waals surface area (Å²) < 4.78 is 0. The van der Waals surface area contributed by atoms with Crippen LogP contribution in [0.15, 0.2) is 43.0 Å². The fraction of sp³-hybridized carbons (Fsp3) is 0.481. The van der Waals surface area contributed by atoms with Gasteiger partial charge in [0.25, 0.3) is 0 Å². The molecule has 10 heteroatoms. The van der Waals surface area contributed by atoms with Crippen molar-refractivity contribution in [3.63, 3.8) is 0 Å². The highest BCUT2D eigenvalue weighted by Gasteiger charge is 2.47. The molecule has 37 heavy (non-hydrogen) atoms. The summed E-state index contributed by atoms with van der Waals surface area (Å²) in [6, 6.07) is 7.80. The zero-order valence-corrected chi connectivity index (χ0v) is 20.7. The molecule has 2 aliphatic carbocycles. The van der Waals surface area contributed by atoms with Crippen LogP contribution < -0.4 is 15.1 Å². The molecule has 190 valence electrons. The van der Waals surface area contributed by atoms with Gasteiger partial charge in [0.05, 0.1) is 12.1 Å². The number of aliphatic hydroxyl groups excluding tert-OH is 1. The Balaban J connectivity index is 1.04. The first kappa shape index (κ1) is 22.5. The number of aryl methyl sites for hydroxylation is 1. The highest BCUT2D eigenvalue weighted by Crippen LogP contribution is 2.47. The number of nitrogens with zero attached hydrogens (tertiary/aromatic N) is 7. The second-order valence-electron chi connectivity index (χ2n) is 10.9. The van der Waals surface area contributed by atoms with Gasteiger partial charge in [0.2, 0.25) is 5.91 Å². The van der Waals surface area contributed by atoms with Crippen molar-refractivity contribution in [1.29, 1.82) is 0 Å². The Morgan fingerprint density at radius 1 is 1.00 bits per heavy atom. The van der Waals surface area contributed by atoms with Crippen LogP contribution in [0.4, 0.5) is 17.5 Å². The third-order valence-corrected chi connectivity index (χ3v) is 8.21. The van der Waals surface area contributed by atoms with Crippen LogP contribution in [-0.4, -0.2) is 61.7 Å². The van der Waals surface area contributed by atoms with Crippen LogP contribution in [0, 0.1) is 24.7 Å². The minimum atomic E-state index is -0.468. The molecule has 2 saturated carbocycles. The van der Waals surface area contributed by atoms with Crippen LogP contribution in [0.3, 0.4) is 0 Å². The molecule has 0 bridgehead atoms. The lowest BCUT2D eigenvalue weighted by Gasteiger charge is -2.26. The van der Waals surface area contributed by atoms with E-state index in [2.05, 4.69) is 47.2 Å². The van der Waals surface area contributed by atoms with Crippen molar-refractivity contribution in [3.8, 4) is 0 Å². The summed E-state index contributed by atoms with van der Waals surface area (Å²) in [7, 11) is 0. The van der Waals surface area contributed by atoms with Crippen molar-refractivity contribution < 1.29 is 9.90 Å². The number of anilines is 3. The normalized spacial score (nSPS) is 29.8. The molecule has 0 radical (unpaired) electrons. The molecule has 3 aromatic rings. The maximum atomic E-state index is 12.9. The second kappa shape index (κ2) is 8.72. The van der Waals surface area contributed by atoms with Gasteiger partial charge in [-0.05, 0) is 55.7 Å². The van der Waals surface area contributed by atoms with Crippen LogP contribution in [0.1, 0.15) is 48.3 Å². The quantitative estimate of drug-likeness (QED) is 0.528. The molecule has 0 spiro atoms. The van der Waals surface area contributed by atoms with Crippen LogP contribution in [-0.2, 0) is 4.79 Å². The second-order valence-corrected chi connectivity index (χ2v) is 10.9. The number of aliphatic hydroxyl groups is 1. The van der Waals surface area contributed by atoms with Gasteiger partial charge in [0.1, 0.15) is 29.6 Å². The number of pyridine rings is 1. The number of fused-ring (bicyclic) bond motifs is 1. The van der Waals surface area contributed by atoms with E-state index in [4.69, 9.17) is 4.98 Å². The molecule has 2 saturated heterocycles. The number of carbonyl (C=O) groups is 1. The van der Waals surface area contributed by atoms with Crippen LogP contribution in [0.2, 0.25) is 0 Å². The van der Waals surface area contributed by atoms with Crippen LogP contribution >= 0.6 is 0 Å². The Morgan fingerprint density at radius 2 is 1.86 bits per heavy atom. The van der Waals surface area contributed by atoms with Gasteiger partial charge in [0.15, 0.2) is 0 Å². The summed E-state index contributed by atoms with van der Waals surface area (Å²) in [5, 5.41) is 13.5. The average Bonchev–Trinajstić information content (AvgIpc) is 3.79. The predicted octanol–water partition coefficient (Wildman–Crippen LogP) is 2.48. The molecular weight excluding hydrogens is 468 g/mol. The molecule has 10 nitrogen and oxygen atoms in total. The largest absolute Gasteiger partial charge is 0.391 e. The van der Waals surface area contributed by atoms with Gasteiger partial charge in [-0.1, -0.05) is 6.07 Å². The van der Waals surface area contributed by atoms with E-state index in [-0.39, 0.29) is 23.8 Å². The number of hydrogen-bond donors (Lipinski definition) is 2. The summed E-state index contributed by atoms with van der Waals surface area (Å²) in [6.45, 7) is 4.61. The van der Waals surface area contributed by atoms with Crippen molar-refractivity contribution in [2.45, 2.75) is 44.2 Å². The Hall–Kier alpha value is -3.66. The molecule has 6 atom stereocenters. The fourth-order valence-corrected chi connectivity index (χ4v) is 5.96. The van der Waals surface area contributed by atoms with Gasteiger partial charge < -0.3 is 20.2 Å². The lowest BCUT2D eigenvalue weighted by atomic mass is 10.1. The SMILES string of the molecule is Cc1ccnc(C2CC2C(=O)Nc2cc(N3C[C@@H](O)C[C@H]3c3ccc(N4C[C@H]5C[C@@H]5C4)nc3)ncn2)n1. The molecule has 1 amide bonds. The van der Waals surface area contributed by atoms with E-state index in [0.29, 0.717) is 24.6 Å². The number of nitrogens with one attached hydrogen (secondary N) is 1. The summed E-state index contributed by atoms with van der Waals surface area (Å²) >= 11 is 0. The van der Waals surface area contributed by atoms with Gasteiger partial charge in [-0.2, -0.15) is 0 Å². The first-order chi connectivity index (χ1) is 18.0. The highest BCUT2D eigenvalue weighted by atomic mass is 16.3. The van der Waals surface area contributed by atoms with E-state index < -0.39 is 6.10 Å². The molecule has 2 N–H and O–H groups in total. The molecule has 2 aliphatic heterocycles. The number of hydrogen-bond acceptors (Lipinski definition) is 9. The van der Waals surface area contributed by atoms with Crippen molar-refractivity contribution in [2.24, 2.45) is 17.8 Å². The molecule has 7 rings (SSSR count). The lowest BCUT2D eigenvalue weighted by molar-refractivity contribution is -0.117. The van der Waals surface area contributed by atoms with Crippen LogP contribution in [0.25, 0.3) is 0 Å². The van der Waals surface area contributed by atoms with Crippen molar-refractivity contribution in [2.75, 3.05) is 34.8 Å². The third-order valence-electron chi connectivity index (χ3n) is 8.21. The van der Waals surface area contributed by atoms with Gasteiger partial charge in [0, 0.05) is 55.6 Å². The highest BCUT2D eigenvalue weighted by molar-refractivity contribution is 5.94. The zero-order chi connectivity index (χ0) is 25.1. The van der Waals surface area contributed by atoms with E-state index >= 15 is 0 Å². The Morgan fingerprint density at radius 3 is 2.65 bits per heavy atom. The van der Waals surface area contributed by atoms with Gasteiger partial charge >= 0.3 is 0 Å². The summed E-state index contributed by atoms with van der Waals surface area (Å²) in [5.74, 6) is 4.39. The number of piperidine rings is 1. The first-order valence-corrected chi connectivity index (χ1v) is 13.1. The Labute approximate surface area is 215 Å². The molecule has 5 heterocycles. The Kier molecular flexibility index (Phi) is 5.31. The van der Waals surface area contributed by atoms with Crippen molar-refractivity contribution >= 4 is 23.4 Å². The van der Waals surface area contributed by atoms with Gasteiger partial charge in [-0.15, -0.1) is 0 Å². The summed E-state index contributed by atoms with van der Waals surface area (Å²) in [6.07, 6.45) is 7.36. The van der Waals surface area contributed by atoms with E-state index in [0.717, 1.165) is 54.2 Å². The maximum absolute atomic E-state index is 12.9. The van der Waals surface area contributed by atoms with E-state index in [1.54, 1.807) is 12.3 Å². The van der Waals surface area contributed by atoms with E-state index in [1.165, 1.54) is 12.7 Å². The van der Waals surface area contributed by atoms with Crippen molar-refractivity contribution in [1.82, 2.24) is 24.9 Å². The smallest absolute Gasteiger partial charge is 0.229 e. The summed E-state index contributed by atoms with van der Waals surface area (Å²) in [4.78, 5) is 39.6. The van der Waals surface area contributed by atoms with Crippen molar-refractivity contribution in [3.05, 3.63) is 60.1 Å². The average molecular weight is 499 g/mol. The zero-order valence-electron chi connectivity index (χ0n) is 20.7. The van der Waals surface area contributed by atoms with Gasteiger partial charge in [-0.25, -0.2) is 24.9 Å². The Bertz CT molecular complexity index is 1320. The predicted molar refractivity (Wildman–Crippen MR) is 137 cm³/mol. The lowest BCUT2D eigenvalue weighted by Crippen LogP contribution is -2.26. The first-order valence-electron chi connectivity index (χ1n) is 13.1. The number of aromatic nitrogens is 5. The van der Waals surface area contributed by atoms with E-state index in [9.17, 15) is 9.90 Å². The fourth-order valence-electron chi connectivity index (χ4n) is 5.96. The minimum Gasteiger partial charge on any atom is -0.391 e. The summed E-state index contributed by atoms with van der Waals surface area (Å²) in [5.41, 5.74) is 1.95. The molecule has 2 unspecified atom stereocenters. The number of rotatable bonds is 6. The number of β-amino-alcohol motifs (C(OH)–C–C–N with tert-alkyl or cyclic N) is 1. The molecule has 4 aliphatic rings. The third kappa shape index (κ3) is 4.39.